The molecule has 0 saturated carbocycles. The van der Waals surface area contributed by atoms with Gasteiger partial charge in [-0.05, 0) is 43.4 Å². The Morgan fingerprint density at radius 3 is 2.37 bits per heavy atom. The average molecular weight is 309 g/mol. The second-order valence-corrected chi connectivity index (χ2v) is 5.59. The van der Waals surface area contributed by atoms with Gasteiger partial charge in [-0.15, -0.1) is 0 Å². The van der Waals surface area contributed by atoms with Gasteiger partial charge < -0.3 is 4.98 Å². The lowest BCUT2D eigenvalue weighted by Gasteiger charge is -2.05. The molecular weight excluding hydrogens is 299 g/mol. The predicted octanol–water partition coefficient (Wildman–Crippen LogP) is 5.30. The minimum atomic E-state index is 0.515. The lowest BCUT2D eigenvalue weighted by Crippen LogP contribution is -1.93. The topological polar surface area (TPSA) is 20.7 Å². The molecule has 2 nitrogen and oxygen atoms in total. The third kappa shape index (κ3) is 2.18. The fraction of sp³-hybridized carbons (Fsp3) is 0.0714. The number of benzene rings is 2. The molecule has 1 N–H and O–H groups in total. The van der Waals surface area contributed by atoms with Crippen molar-refractivity contribution in [2.24, 2.45) is 0 Å². The fourth-order valence-electron chi connectivity index (χ4n) is 2.05. The van der Waals surface area contributed by atoms with Crippen LogP contribution in [0.2, 0.25) is 10.0 Å². The normalized spacial score (nSPS) is 11.1. The monoisotopic (exact) mass is 308 g/mol. The van der Waals surface area contributed by atoms with Gasteiger partial charge in [-0.25, -0.2) is 0 Å². The van der Waals surface area contributed by atoms with E-state index in [-0.39, 0.29) is 0 Å². The van der Waals surface area contributed by atoms with Crippen molar-refractivity contribution in [2.45, 2.75) is 6.92 Å². The van der Waals surface area contributed by atoms with Crippen LogP contribution in [0.3, 0.4) is 0 Å². The molecule has 0 fully saturated rings. The molecule has 0 aliphatic heterocycles. The number of hydrogen-bond acceptors (Lipinski definition) is 1. The van der Waals surface area contributed by atoms with E-state index < -0.39 is 0 Å². The maximum absolute atomic E-state index is 6.09. The Bertz CT molecular complexity index is 816. The first-order valence-corrected chi connectivity index (χ1v) is 6.89. The first kappa shape index (κ1) is 12.7. The molecule has 2 aromatic carbocycles. The van der Waals surface area contributed by atoms with Gasteiger partial charge >= 0.3 is 0 Å². The van der Waals surface area contributed by atoms with E-state index in [4.69, 9.17) is 35.4 Å². The van der Waals surface area contributed by atoms with Gasteiger partial charge in [0.05, 0.1) is 21.1 Å². The Balaban J connectivity index is 2.34. The fourth-order valence-corrected chi connectivity index (χ4v) is 2.69. The number of nitrogens with one attached hydrogen (secondary N) is 1. The van der Waals surface area contributed by atoms with Gasteiger partial charge in [0.1, 0.15) is 0 Å². The van der Waals surface area contributed by atoms with Crippen molar-refractivity contribution in [1.29, 1.82) is 0 Å². The SMILES string of the molecule is Cc1ccc(-n2c(=S)[nH]c3cc(Cl)c(Cl)cc32)cc1. The van der Waals surface area contributed by atoms with Crippen LogP contribution in [0.5, 0.6) is 0 Å². The number of aryl methyl sites for hydroxylation is 1. The van der Waals surface area contributed by atoms with Crippen LogP contribution in [0.1, 0.15) is 5.56 Å². The van der Waals surface area contributed by atoms with Gasteiger partial charge in [0, 0.05) is 5.69 Å². The molecule has 0 unspecified atom stereocenters. The lowest BCUT2D eigenvalue weighted by atomic mass is 10.2. The number of nitrogens with zero attached hydrogens (tertiary/aromatic N) is 1. The van der Waals surface area contributed by atoms with Crippen molar-refractivity contribution in [3.05, 3.63) is 56.8 Å². The molecule has 0 atom stereocenters. The molecule has 1 aromatic heterocycles. The van der Waals surface area contributed by atoms with Crippen LogP contribution >= 0.6 is 35.4 Å². The Morgan fingerprint density at radius 2 is 1.68 bits per heavy atom. The number of fused-ring (bicyclic) bond motifs is 1. The minimum Gasteiger partial charge on any atom is -0.330 e. The van der Waals surface area contributed by atoms with Crippen molar-refractivity contribution in [2.75, 3.05) is 0 Å². The van der Waals surface area contributed by atoms with Crippen LogP contribution < -0.4 is 0 Å². The Hall–Kier alpha value is -1.29. The van der Waals surface area contributed by atoms with Gasteiger partial charge in [0.25, 0.3) is 0 Å². The molecule has 0 bridgehead atoms. The molecule has 0 spiro atoms. The van der Waals surface area contributed by atoms with Gasteiger partial charge in [-0.1, -0.05) is 40.9 Å². The van der Waals surface area contributed by atoms with Gasteiger partial charge in [0.2, 0.25) is 0 Å². The molecule has 0 aliphatic rings. The number of imidazole rings is 1. The van der Waals surface area contributed by atoms with Crippen molar-refractivity contribution in [3.63, 3.8) is 0 Å². The van der Waals surface area contributed by atoms with Crippen LogP contribution in [0.15, 0.2) is 36.4 Å². The van der Waals surface area contributed by atoms with Crippen LogP contribution in [0, 0.1) is 11.7 Å². The van der Waals surface area contributed by atoms with E-state index in [9.17, 15) is 0 Å². The highest BCUT2D eigenvalue weighted by Gasteiger charge is 2.09. The van der Waals surface area contributed by atoms with E-state index in [1.54, 1.807) is 6.07 Å². The summed E-state index contributed by atoms with van der Waals surface area (Å²) in [6, 6.07) is 11.8. The summed E-state index contributed by atoms with van der Waals surface area (Å²) < 4.78 is 2.57. The zero-order valence-electron chi connectivity index (χ0n) is 10.1. The highest BCUT2D eigenvalue weighted by Crippen LogP contribution is 2.29. The van der Waals surface area contributed by atoms with Crippen LogP contribution in [0.4, 0.5) is 0 Å². The molecule has 3 rings (SSSR count). The van der Waals surface area contributed by atoms with E-state index in [1.807, 2.05) is 34.9 Å². The Morgan fingerprint density at radius 1 is 1.05 bits per heavy atom. The Kier molecular flexibility index (Phi) is 3.13. The van der Waals surface area contributed by atoms with Crippen LogP contribution in [0.25, 0.3) is 16.7 Å². The first-order chi connectivity index (χ1) is 9.06. The maximum atomic E-state index is 6.09. The molecule has 0 aliphatic carbocycles. The largest absolute Gasteiger partial charge is 0.330 e. The van der Waals surface area contributed by atoms with Crippen molar-refractivity contribution in [1.82, 2.24) is 9.55 Å². The number of halogens is 2. The molecular formula is C14H10Cl2N2S. The highest BCUT2D eigenvalue weighted by atomic mass is 35.5. The molecule has 0 radical (unpaired) electrons. The van der Waals surface area contributed by atoms with Crippen LogP contribution in [-0.4, -0.2) is 9.55 Å². The molecule has 0 saturated heterocycles. The number of aromatic amines is 1. The van der Waals surface area contributed by atoms with Crippen LogP contribution in [-0.2, 0) is 0 Å². The lowest BCUT2D eigenvalue weighted by molar-refractivity contribution is 1.06. The second kappa shape index (κ2) is 4.67. The predicted molar refractivity (Wildman–Crippen MR) is 83.2 cm³/mol. The summed E-state index contributed by atoms with van der Waals surface area (Å²) in [6.07, 6.45) is 0. The number of H-pyrrole nitrogens is 1. The molecule has 1 heterocycles. The first-order valence-electron chi connectivity index (χ1n) is 5.73. The molecule has 5 heteroatoms. The zero-order valence-corrected chi connectivity index (χ0v) is 12.4. The average Bonchev–Trinajstić information content (AvgIpc) is 2.67. The highest BCUT2D eigenvalue weighted by molar-refractivity contribution is 7.71. The van der Waals surface area contributed by atoms with Gasteiger partial charge in [-0.3, -0.25) is 4.57 Å². The van der Waals surface area contributed by atoms with E-state index >= 15 is 0 Å². The maximum Gasteiger partial charge on any atom is 0.182 e. The summed E-state index contributed by atoms with van der Waals surface area (Å²) in [4.78, 5) is 3.14. The summed E-state index contributed by atoms with van der Waals surface area (Å²) >= 11 is 17.5. The molecule has 0 amide bonds. The van der Waals surface area contributed by atoms with Gasteiger partial charge in [-0.2, -0.15) is 0 Å². The minimum absolute atomic E-state index is 0.515. The van der Waals surface area contributed by atoms with E-state index in [0.29, 0.717) is 14.8 Å². The summed E-state index contributed by atoms with van der Waals surface area (Å²) in [5.41, 5.74) is 4.00. The smallest absolute Gasteiger partial charge is 0.182 e. The van der Waals surface area contributed by atoms with Crippen molar-refractivity contribution in [3.8, 4) is 5.69 Å². The van der Waals surface area contributed by atoms with Gasteiger partial charge in [0.15, 0.2) is 4.77 Å². The molecule has 3 aromatic rings. The third-order valence-electron chi connectivity index (χ3n) is 3.02. The molecule has 96 valence electrons. The third-order valence-corrected chi connectivity index (χ3v) is 4.02. The molecule has 19 heavy (non-hydrogen) atoms. The second-order valence-electron chi connectivity index (χ2n) is 4.38. The van der Waals surface area contributed by atoms with E-state index in [2.05, 4.69) is 11.9 Å². The summed E-state index contributed by atoms with van der Waals surface area (Å²) in [7, 11) is 0. The van der Waals surface area contributed by atoms with E-state index in [1.165, 1.54) is 5.56 Å². The standard InChI is InChI=1S/C14H10Cl2N2S/c1-8-2-4-9(5-3-8)18-13-7-11(16)10(15)6-12(13)17-14(18)19/h2-7H,1H3,(H,17,19). The Labute approximate surface area is 125 Å². The van der Waals surface area contributed by atoms with E-state index in [0.717, 1.165) is 16.7 Å². The summed E-state index contributed by atoms with van der Waals surface area (Å²) in [5.74, 6) is 0. The zero-order chi connectivity index (χ0) is 13.6. The quantitative estimate of drug-likeness (QED) is 0.605. The number of aromatic nitrogens is 2. The van der Waals surface area contributed by atoms with Crippen molar-refractivity contribution >= 4 is 46.5 Å². The van der Waals surface area contributed by atoms with Crippen molar-refractivity contribution < 1.29 is 0 Å². The number of hydrogen-bond donors (Lipinski definition) is 1. The summed E-state index contributed by atoms with van der Waals surface area (Å²) in [5, 5.41) is 1.03. The summed E-state index contributed by atoms with van der Waals surface area (Å²) in [6.45, 7) is 2.05. The number of rotatable bonds is 1.